The Morgan fingerprint density at radius 2 is 1.69 bits per heavy atom. The molecule has 1 saturated heterocycles. The second-order valence-corrected chi connectivity index (χ2v) is 12.3. The predicted octanol–water partition coefficient (Wildman–Crippen LogP) is 5.94. The van der Waals surface area contributed by atoms with Crippen molar-refractivity contribution in [3.8, 4) is 0 Å². The van der Waals surface area contributed by atoms with Gasteiger partial charge in [-0.1, -0.05) is 12.1 Å². The Balaban J connectivity index is 1.39. The van der Waals surface area contributed by atoms with Gasteiger partial charge in [-0.3, -0.25) is 9.78 Å². The first-order valence-electron chi connectivity index (χ1n) is 15.0. The molecule has 1 aromatic carbocycles. The van der Waals surface area contributed by atoms with Crippen LogP contribution in [0.25, 0.3) is 10.9 Å². The van der Waals surface area contributed by atoms with Crippen LogP contribution in [0.1, 0.15) is 81.8 Å². The summed E-state index contributed by atoms with van der Waals surface area (Å²) in [6.45, 7) is 7.57. The molecule has 3 aromatic rings. The van der Waals surface area contributed by atoms with E-state index in [0.717, 1.165) is 68.4 Å². The average Bonchev–Trinajstić information content (AvgIpc) is 2.97. The molecular weight excluding hydrogens is 535 g/mol. The number of amides is 2. The van der Waals surface area contributed by atoms with E-state index in [9.17, 15) is 14.0 Å². The molecule has 2 amide bonds. The summed E-state index contributed by atoms with van der Waals surface area (Å²) < 4.78 is 18.8. The Kier molecular flexibility index (Phi) is 9.09. The van der Waals surface area contributed by atoms with Crippen LogP contribution in [-0.4, -0.2) is 52.7 Å². The van der Waals surface area contributed by atoms with Gasteiger partial charge in [0, 0.05) is 43.3 Å². The molecule has 2 aromatic heterocycles. The number of hydrogen-bond acceptors (Lipinski definition) is 7. The number of anilines is 2. The minimum absolute atomic E-state index is 0.0332. The second kappa shape index (κ2) is 12.9. The number of nitrogens with one attached hydrogen (secondary N) is 3. The summed E-state index contributed by atoms with van der Waals surface area (Å²) in [5, 5.41) is 10.5. The summed E-state index contributed by atoms with van der Waals surface area (Å²) >= 11 is 0. The normalized spacial score (nSPS) is 19.3. The fraction of sp³-hybridized carbons (Fsp3) is 0.500. The molecule has 0 spiro atoms. The predicted molar refractivity (Wildman–Crippen MR) is 162 cm³/mol. The van der Waals surface area contributed by atoms with Crippen molar-refractivity contribution in [2.45, 2.75) is 89.9 Å². The number of carbonyl (C=O) groups is 2. The van der Waals surface area contributed by atoms with Gasteiger partial charge in [0.15, 0.2) is 5.69 Å². The molecule has 0 radical (unpaired) electrons. The lowest BCUT2D eigenvalue weighted by atomic mass is 9.91. The van der Waals surface area contributed by atoms with E-state index in [0.29, 0.717) is 16.9 Å². The van der Waals surface area contributed by atoms with Gasteiger partial charge in [-0.15, -0.1) is 0 Å². The number of pyridine rings is 2. The first kappa shape index (κ1) is 29.5. The third kappa shape index (κ3) is 7.46. The number of hydrogen-bond donors (Lipinski definition) is 3. The van der Waals surface area contributed by atoms with Crippen LogP contribution in [0.5, 0.6) is 0 Å². The summed E-state index contributed by atoms with van der Waals surface area (Å²) in [5.41, 5.74) is 1.89. The minimum atomic E-state index is -0.544. The number of nitrogens with zero attached hydrogens (tertiary/aromatic N) is 3. The first-order valence-corrected chi connectivity index (χ1v) is 15.0. The Hall–Kier alpha value is -3.95. The van der Waals surface area contributed by atoms with Crippen molar-refractivity contribution in [3.63, 3.8) is 0 Å². The Labute approximate surface area is 246 Å². The van der Waals surface area contributed by atoms with Crippen LogP contribution in [0.15, 0.2) is 42.6 Å². The smallest absolute Gasteiger partial charge is 0.407 e. The summed E-state index contributed by atoms with van der Waals surface area (Å²) in [4.78, 5) is 38.0. The molecule has 2 fully saturated rings. The van der Waals surface area contributed by atoms with Gasteiger partial charge in [-0.05, 0) is 95.5 Å². The molecule has 224 valence electrons. The molecule has 1 aliphatic carbocycles. The number of alkyl carbamates (subject to hydrolysis) is 1. The van der Waals surface area contributed by atoms with Crippen molar-refractivity contribution < 1.29 is 18.7 Å². The Morgan fingerprint density at radius 1 is 1.00 bits per heavy atom. The monoisotopic (exact) mass is 576 g/mol. The Morgan fingerprint density at radius 3 is 2.38 bits per heavy atom. The lowest BCUT2D eigenvalue weighted by Crippen LogP contribution is -2.42. The minimum Gasteiger partial charge on any atom is -0.444 e. The first-order chi connectivity index (χ1) is 20.2. The van der Waals surface area contributed by atoms with E-state index >= 15 is 0 Å². The summed E-state index contributed by atoms with van der Waals surface area (Å²) in [6, 6.07) is 10.1. The van der Waals surface area contributed by atoms with Gasteiger partial charge in [0.25, 0.3) is 5.91 Å². The van der Waals surface area contributed by atoms with Crippen LogP contribution in [0.4, 0.5) is 20.7 Å². The van der Waals surface area contributed by atoms with E-state index in [1.165, 1.54) is 18.6 Å². The third-order valence-corrected chi connectivity index (χ3v) is 7.77. The topological polar surface area (TPSA) is 108 Å². The number of halogens is 1. The summed E-state index contributed by atoms with van der Waals surface area (Å²) in [7, 11) is 0. The SMILES string of the molecule is CC(C)(C)OC(=O)NC1CCC(Nc2c(C(=O)NCc3ccc(F)cc3)nc(N3CCCCC3)c3cccnc23)CC1. The number of ether oxygens (including phenoxy) is 1. The van der Waals surface area contributed by atoms with Crippen molar-refractivity contribution in [2.75, 3.05) is 23.3 Å². The molecule has 9 nitrogen and oxygen atoms in total. The van der Waals surface area contributed by atoms with E-state index in [2.05, 4.69) is 20.9 Å². The van der Waals surface area contributed by atoms with Crippen molar-refractivity contribution in [1.29, 1.82) is 0 Å². The molecule has 0 unspecified atom stereocenters. The lowest BCUT2D eigenvalue weighted by Gasteiger charge is -2.32. The maximum atomic E-state index is 13.7. The van der Waals surface area contributed by atoms with E-state index in [1.54, 1.807) is 18.3 Å². The Bertz CT molecular complexity index is 1390. The molecule has 0 bridgehead atoms. The highest BCUT2D eigenvalue weighted by Crippen LogP contribution is 2.35. The van der Waals surface area contributed by atoms with Crippen molar-refractivity contribution >= 4 is 34.4 Å². The largest absolute Gasteiger partial charge is 0.444 e. The number of rotatable bonds is 7. The molecule has 5 rings (SSSR count). The maximum absolute atomic E-state index is 13.7. The van der Waals surface area contributed by atoms with Crippen LogP contribution in [-0.2, 0) is 11.3 Å². The zero-order valence-corrected chi connectivity index (χ0v) is 24.7. The van der Waals surface area contributed by atoms with Crippen molar-refractivity contribution in [1.82, 2.24) is 20.6 Å². The van der Waals surface area contributed by atoms with Crippen LogP contribution in [0, 0.1) is 5.82 Å². The van der Waals surface area contributed by atoms with Crippen molar-refractivity contribution in [3.05, 3.63) is 59.7 Å². The molecule has 0 atom stereocenters. The zero-order chi connectivity index (χ0) is 29.7. The molecule has 10 heteroatoms. The molecule has 42 heavy (non-hydrogen) atoms. The molecule has 2 aliphatic rings. The fourth-order valence-corrected chi connectivity index (χ4v) is 5.70. The molecule has 1 aliphatic heterocycles. The molecule has 3 heterocycles. The molecular formula is C32H41FN6O3. The van der Waals surface area contributed by atoms with Crippen LogP contribution in [0.3, 0.4) is 0 Å². The van der Waals surface area contributed by atoms with E-state index in [-0.39, 0.29) is 30.4 Å². The zero-order valence-electron chi connectivity index (χ0n) is 24.7. The highest BCUT2D eigenvalue weighted by Gasteiger charge is 2.29. The van der Waals surface area contributed by atoms with Crippen LogP contribution >= 0.6 is 0 Å². The number of aromatic nitrogens is 2. The van der Waals surface area contributed by atoms with E-state index in [1.807, 2.05) is 32.9 Å². The van der Waals surface area contributed by atoms with Gasteiger partial charge in [0.2, 0.25) is 0 Å². The standard InChI is InChI=1S/C32H41FN6O3/c1-32(2,3)42-31(41)37-24-15-13-23(14-16-24)36-27-26-25(8-7-17-34-26)29(39-18-5-4-6-19-39)38-28(27)30(40)35-20-21-9-11-22(33)12-10-21/h7-12,17,23-24,36H,4-6,13-16,18-20H2,1-3H3,(H,35,40)(H,37,41). The van der Waals surface area contributed by atoms with E-state index in [4.69, 9.17) is 14.7 Å². The van der Waals surface area contributed by atoms with Gasteiger partial charge in [-0.2, -0.15) is 0 Å². The quantitative estimate of drug-likeness (QED) is 0.320. The number of fused-ring (bicyclic) bond motifs is 1. The van der Waals surface area contributed by atoms with Gasteiger partial charge in [0.05, 0.1) is 11.2 Å². The van der Waals surface area contributed by atoms with Gasteiger partial charge in [-0.25, -0.2) is 14.2 Å². The second-order valence-electron chi connectivity index (χ2n) is 12.3. The van der Waals surface area contributed by atoms with Crippen LogP contribution < -0.4 is 20.9 Å². The number of carbonyl (C=O) groups excluding carboxylic acids is 2. The third-order valence-electron chi connectivity index (χ3n) is 7.77. The number of piperidine rings is 1. The highest BCUT2D eigenvalue weighted by molar-refractivity contribution is 6.08. The van der Waals surface area contributed by atoms with Gasteiger partial charge in [0.1, 0.15) is 17.2 Å². The van der Waals surface area contributed by atoms with Crippen molar-refractivity contribution in [2.24, 2.45) is 0 Å². The average molecular weight is 577 g/mol. The summed E-state index contributed by atoms with van der Waals surface area (Å²) in [5.74, 6) is 0.148. The van der Waals surface area contributed by atoms with E-state index < -0.39 is 11.7 Å². The van der Waals surface area contributed by atoms with Gasteiger partial charge < -0.3 is 25.6 Å². The lowest BCUT2D eigenvalue weighted by molar-refractivity contribution is 0.0492. The van der Waals surface area contributed by atoms with Gasteiger partial charge >= 0.3 is 6.09 Å². The fourth-order valence-electron chi connectivity index (χ4n) is 5.70. The molecule has 1 saturated carbocycles. The maximum Gasteiger partial charge on any atom is 0.407 e. The molecule has 3 N–H and O–H groups in total. The summed E-state index contributed by atoms with van der Waals surface area (Å²) in [6.07, 6.45) is 7.87. The van der Waals surface area contributed by atoms with Crippen LogP contribution in [0.2, 0.25) is 0 Å². The number of benzene rings is 1. The highest BCUT2D eigenvalue weighted by atomic mass is 19.1.